The topological polar surface area (TPSA) is 107 Å². The molecule has 4 unspecified atom stereocenters. The highest BCUT2D eigenvalue weighted by Crippen LogP contribution is 2.49. The van der Waals surface area contributed by atoms with Crippen molar-refractivity contribution in [3.63, 3.8) is 0 Å². The molecule has 0 radical (unpaired) electrons. The number of rotatable bonds is 5. The number of aryl methyl sites for hydroxylation is 2. The molecule has 30 heavy (non-hydrogen) atoms. The van der Waals surface area contributed by atoms with Gasteiger partial charge in [0.15, 0.2) is 5.54 Å². The first kappa shape index (κ1) is 20.3. The maximum Gasteiger partial charge on any atom is 0.327 e. The van der Waals surface area contributed by atoms with Gasteiger partial charge in [0.1, 0.15) is 0 Å². The lowest BCUT2D eigenvalue weighted by Crippen LogP contribution is -2.58. The van der Waals surface area contributed by atoms with Gasteiger partial charge >= 0.3 is 5.97 Å². The number of aliphatic hydroxyl groups is 1. The van der Waals surface area contributed by atoms with Crippen molar-refractivity contribution in [2.75, 3.05) is 6.61 Å². The summed E-state index contributed by atoms with van der Waals surface area (Å²) >= 11 is 0. The van der Waals surface area contributed by atoms with Crippen LogP contribution in [0.25, 0.3) is 0 Å². The number of aliphatic carboxylic acids is 1. The van der Waals surface area contributed by atoms with Crippen LogP contribution in [0, 0.1) is 25.7 Å². The van der Waals surface area contributed by atoms with E-state index >= 15 is 0 Å². The van der Waals surface area contributed by atoms with Gasteiger partial charge < -0.3 is 10.2 Å². The molecule has 2 aliphatic rings. The van der Waals surface area contributed by atoms with E-state index in [-0.39, 0.29) is 6.54 Å². The monoisotopic (exact) mass is 408 g/mol. The van der Waals surface area contributed by atoms with Gasteiger partial charge in [0.05, 0.1) is 25.0 Å². The third-order valence-corrected chi connectivity index (χ3v) is 6.33. The Morgan fingerprint density at radius 2 is 1.80 bits per heavy atom. The van der Waals surface area contributed by atoms with E-state index < -0.39 is 47.8 Å². The van der Waals surface area contributed by atoms with Gasteiger partial charge in [-0.25, -0.2) is 0 Å². The second-order valence-corrected chi connectivity index (χ2v) is 8.17. The average Bonchev–Trinajstić information content (AvgIpc) is 3.21. The zero-order valence-corrected chi connectivity index (χ0v) is 16.8. The van der Waals surface area contributed by atoms with Gasteiger partial charge in [0.2, 0.25) is 11.8 Å². The molecule has 4 rings (SSSR count). The Labute approximate surface area is 174 Å². The van der Waals surface area contributed by atoms with Gasteiger partial charge in [-0.15, -0.1) is 0 Å². The van der Waals surface area contributed by atoms with Crippen LogP contribution in [-0.2, 0) is 20.9 Å². The maximum absolute atomic E-state index is 13.4. The summed E-state index contributed by atoms with van der Waals surface area (Å²) in [7, 11) is 0. The second kappa shape index (κ2) is 7.34. The summed E-state index contributed by atoms with van der Waals surface area (Å²) in [6, 6.07) is 14.2. The first-order valence-corrected chi connectivity index (χ1v) is 9.88. The minimum Gasteiger partial charge on any atom is -0.480 e. The Morgan fingerprint density at radius 3 is 2.43 bits per heavy atom. The number of aliphatic hydroxyl groups excluding tert-OH is 1. The molecule has 2 heterocycles. The number of carbonyl (C=O) groups excluding carboxylic acids is 2. The van der Waals surface area contributed by atoms with Crippen molar-refractivity contribution in [3.8, 4) is 0 Å². The summed E-state index contributed by atoms with van der Waals surface area (Å²) < 4.78 is 0. The SMILES string of the molecule is Cc1ccc(C)c(C2NC(CO)(C(=O)O)C3C(=O)N(Cc4ccccc4)C(=O)C23)c1. The Kier molecular flexibility index (Phi) is 4.95. The lowest BCUT2D eigenvalue weighted by Gasteiger charge is -2.29. The van der Waals surface area contributed by atoms with Gasteiger partial charge in [-0.2, -0.15) is 0 Å². The van der Waals surface area contributed by atoms with Crippen LogP contribution in [0.4, 0.5) is 0 Å². The molecule has 2 saturated heterocycles. The number of nitrogens with zero attached hydrogens (tertiary/aromatic N) is 1. The van der Waals surface area contributed by atoms with E-state index in [1.54, 1.807) is 0 Å². The van der Waals surface area contributed by atoms with E-state index in [1.807, 2.05) is 62.4 Å². The molecule has 4 atom stereocenters. The fourth-order valence-electron chi connectivity index (χ4n) is 4.76. The number of hydrogen-bond donors (Lipinski definition) is 3. The van der Waals surface area contributed by atoms with Crippen molar-refractivity contribution >= 4 is 17.8 Å². The number of amides is 2. The number of likely N-dealkylation sites (tertiary alicyclic amines) is 1. The van der Waals surface area contributed by atoms with Crippen LogP contribution in [0.2, 0.25) is 0 Å². The van der Waals surface area contributed by atoms with E-state index in [4.69, 9.17) is 0 Å². The lowest BCUT2D eigenvalue weighted by molar-refractivity contribution is -0.153. The number of carboxylic acids is 1. The minimum absolute atomic E-state index is 0.0755. The largest absolute Gasteiger partial charge is 0.480 e. The highest BCUT2D eigenvalue weighted by molar-refractivity contribution is 6.09. The predicted octanol–water partition coefficient (Wildman–Crippen LogP) is 1.56. The lowest BCUT2D eigenvalue weighted by atomic mass is 9.79. The Bertz CT molecular complexity index is 1020. The molecule has 0 bridgehead atoms. The number of imide groups is 1. The fraction of sp³-hybridized carbons (Fsp3) is 0.348. The van der Waals surface area contributed by atoms with Crippen LogP contribution < -0.4 is 5.32 Å². The number of nitrogens with one attached hydrogen (secondary N) is 1. The van der Waals surface area contributed by atoms with E-state index in [9.17, 15) is 24.6 Å². The zero-order valence-electron chi connectivity index (χ0n) is 16.8. The van der Waals surface area contributed by atoms with E-state index in [0.717, 1.165) is 27.2 Å². The van der Waals surface area contributed by atoms with Gasteiger partial charge in [0, 0.05) is 6.04 Å². The van der Waals surface area contributed by atoms with Gasteiger partial charge in [0.25, 0.3) is 0 Å². The molecule has 0 aromatic heterocycles. The molecular formula is C23H24N2O5. The number of hydrogen-bond acceptors (Lipinski definition) is 5. The average molecular weight is 408 g/mol. The third kappa shape index (κ3) is 2.93. The first-order chi connectivity index (χ1) is 14.3. The molecule has 2 fully saturated rings. The molecule has 7 heteroatoms. The van der Waals surface area contributed by atoms with Crippen molar-refractivity contribution in [2.45, 2.75) is 32.0 Å². The molecule has 0 aliphatic carbocycles. The fourth-order valence-corrected chi connectivity index (χ4v) is 4.76. The van der Waals surface area contributed by atoms with E-state index in [1.165, 1.54) is 0 Å². The van der Waals surface area contributed by atoms with Crippen LogP contribution in [0.1, 0.15) is 28.3 Å². The smallest absolute Gasteiger partial charge is 0.327 e. The first-order valence-electron chi connectivity index (χ1n) is 9.88. The summed E-state index contributed by atoms with van der Waals surface area (Å²) in [4.78, 5) is 40.1. The highest BCUT2D eigenvalue weighted by Gasteiger charge is 2.68. The van der Waals surface area contributed by atoms with Crippen molar-refractivity contribution in [1.29, 1.82) is 0 Å². The molecule has 2 aliphatic heterocycles. The van der Waals surface area contributed by atoms with E-state index in [2.05, 4.69) is 5.32 Å². The minimum atomic E-state index is -1.91. The van der Waals surface area contributed by atoms with Gasteiger partial charge in [-0.05, 0) is 30.5 Å². The molecule has 2 aromatic carbocycles. The number of carbonyl (C=O) groups is 3. The molecule has 0 saturated carbocycles. The standard InChI is InChI=1S/C23H24N2O5/c1-13-8-9-14(2)16(10-13)19-17-18(23(12-26,24-19)22(29)30)21(28)25(20(17)27)11-15-6-4-3-5-7-15/h3-10,17-19,24,26H,11-12H2,1-2H3,(H,29,30). The number of carboxylic acid groups (broad SMARTS) is 1. The van der Waals surface area contributed by atoms with E-state index in [0.29, 0.717) is 0 Å². The summed E-state index contributed by atoms with van der Waals surface area (Å²) in [6.07, 6.45) is 0. The molecule has 0 spiro atoms. The van der Waals surface area contributed by atoms with Crippen LogP contribution in [0.15, 0.2) is 48.5 Å². The van der Waals surface area contributed by atoms with Crippen molar-refractivity contribution < 1.29 is 24.6 Å². The van der Waals surface area contributed by atoms with Crippen molar-refractivity contribution in [2.24, 2.45) is 11.8 Å². The molecule has 3 N–H and O–H groups in total. The van der Waals surface area contributed by atoms with Crippen LogP contribution in [0.3, 0.4) is 0 Å². The molecule has 2 aromatic rings. The van der Waals surface area contributed by atoms with Gasteiger partial charge in [-0.3, -0.25) is 24.6 Å². The number of fused-ring (bicyclic) bond motifs is 1. The second-order valence-electron chi connectivity index (χ2n) is 8.17. The predicted molar refractivity (Wildman–Crippen MR) is 108 cm³/mol. The maximum atomic E-state index is 13.4. The third-order valence-electron chi connectivity index (χ3n) is 6.33. The van der Waals surface area contributed by atoms with Crippen LogP contribution in [-0.4, -0.2) is 45.0 Å². The van der Waals surface area contributed by atoms with Crippen molar-refractivity contribution in [1.82, 2.24) is 10.2 Å². The molecular weight excluding hydrogens is 384 g/mol. The highest BCUT2D eigenvalue weighted by atomic mass is 16.4. The molecule has 7 nitrogen and oxygen atoms in total. The number of benzene rings is 2. The molecule has 156 valence electrons. The normalized spacial score (nSPS) is 28.1. The van der Waals surface area contributed by atoms with Crippen molar-refractivity contribution in [3.05, 3.63) is 70.8 Å². The summed E-state index contributed by atoms with van der Waals surface area (Å²) in [5.41, 5.74) is 1.48. The zero-order chi connectivity index (χ0) is 21.6. The molecule has 2 amide bonds. The van der Waals surface area contributed by atoms with Crippen LogP contribution >= 0.6 is 0 Å². The Balaban J connectivity index is 1.81. The quantitative estimate of drug-likeness (QED) is 0.649. The summed E-state index contributed by atoms with van der Waals surface area (Å²) in [5, 5.41) is 23.0. The Morgan fingerprint density at radius 1 is 1.10 bits per heavy atom. The van der Waals surface area contributed by atoms with Gasteiger partial charge in [-0.1, -0.05) is 54.1 Å². The van der Waals surface area contributed by atoms with Crippen LogP contribution in [0.5, 0.6) is 0 Å². The summed E-state index contributed by atoms with van der Waals surface area (Å²) in [5.74, 6) is -4.39. The Hall–Kier alpha value is -3.03. The summed E-state index contributed by atoms with van der Waals surface area (Å²) in [6.45, 7) is 3.08.